The van der Waals surface area contributed by atoms with Crippen LogP contribution in [0.1, 0.15) is 12.8 Å². The normalized spacial score (nSPS) is 23.4. The van der Waals surface area contributed by atoms with Gasteiger partial charge in [-0.25, -0.2) is 4.79 Å². The molecule has 4 heteroatoms. The van der Waals surface area contributed by atoms with E-state index in [4.69, 9.17) is 9.84 Å². The molecule has 1 aliphatic heterocycles. The number of carboxylic acid groups (broad SMARTS) is 1. The fraction of sp³-hybridized carbons (Fsp3) is 0.625. The van der Waals surface area contributed by atoms with E-state index in [1.54, 1.807) is 13.2 Å². The Morgan fingerprint density at radius 1 is 1.75 bits per heavy atom. The van der Waals surface area contributed by atoms with Crippen molar-refractivity contribution in [1.29, 1.82) is 0 Å². The predicted molar refractivity (Wildman–Crippen MR) is 43.9 cm³/mol. The van der Waals surface area contributed by atoms with E-state index in [-0.39, 0.29) is 6.04 Å². The Kier molecular flexibility index (Phi) is 2.96. The lowest BCUT2D eigenvalue weighted by Crippen LogP contribution is -2.32. The zero-order valence-corrected chi connectivity index (χ0v) is 7.06. The van der Waals surface area contributed by atoms with Crippen LogP contribution in [0.5, 0.6) is 0 Å². The molecule has 1 fully saturated rings. The molecule has 0 bridgehead atoms. The third-order valence-corrected chi connectivity index (χ3v) is 1.98. The highest BCUT2D eigenvalue weighted by molar-refractivity contribution is 5.66. The van der Waals surface area contributed by atoms with Crippen LogP contribution in [0.4, 0.5) is 4.79 Å². The topological polar surface area (TPSA) is 49.8 Å². The molecule has 4 nitrogen and oxygen atoms in total. The zero-order valence-electron chi connectivity index (χ0n) is 7.06. The van der Waals surface area contributed by atoms with Gasteiger partial charge in [0.1, 0.15) is 0 Å². The first-order chi connectivity index (χ1) is 5.75. The predicted octanol–water partition coefficient (Wildman–Crippen LogP) is 1.29. The molecule has 1 unspecified atom stereocenters. The summed E-state index contributed by atoms with van der Waals surface area (Å²) >= 11 is 0. The summed E-state index contributed by atoms with van der Waals surface area (Å²) in [7, 11) is 1.55. The second-order valence-corrected chi connectivity index (χ2v) is 2.75. The van der Waals surface area contributed by atoms with E-state index >= 15 is 0 Å². The second-order valence-electron chi connectivity index (χ2n) is 2.75. The van der Waals surface area contributed by atoms with Crippen molar-refractivity contribution in [3.05, 3.63) is 12.3 Å². The molecule has 1 N–H and O–H groups in total. The van der Waals surface area contributed by atoms with Crippen molar-refractivity contribution in [2.24, 2.45) is 0 Å². The maximum absolute atomic E-state index is 10.6. The summed E-state index contributed by atoms with van der Waals surface area (Å²) < 4.78 is 4.73. The van der Waals surface area contributed by atoms with Crippen LogP contribution in [0, 0.1) is 0 Å². The number of nitrogens with zero attached hydrogens (tertiary/aromatic N) is 1. The summed E-state index contributed by atoms with van der Waals surface area (Å²) in [6.07, 6.45) is 4.29. The molecule has 0 aliphatic carbocycles. The summed E-state index contributed by atoms with van der Waals surface area (Å²) in [6.45, 7) is 0.633. The van der Waals surface area contributed by atoms with Crippen molar-refractivity contribution in [3.63, 3.8) is 0 Å². The first-order valence-corrected chi connectivity index (χ1v) is 3.94. The molecule has 0 spiro atoms. The van der Waals surface area contributed by atoms with Crippen molar-refractivity contribution >= 4 is 6.09 Å². The minimum atomic E-state index is -0.849. The molecule has 12 heavy (non-hydrogen) atoms. The van der Waals surface area contributed by atoms with Gasteiger partial charge < -0.3 is 14.7 Å². The molecule has 1 aliphatic rings. The molecule has 1 atom stereocenters. The highest BCUT2D eigenvalue weighted by Crippen LogP contribution is 2.17. The fourth-order valence-corrected chi connectivity index (χ4v) is 1.40. The maximum atomic E-state index is 10.6. The van der Waals surface area contributed by atoms with Crippen LogP contribution in [0.15, 0.2) is 12.3 Å². The molecular formula is C8H13NO3. The van der Waals surface area contributed by atoms with E-state index < -0.39 is 6.09 Å². The number of likely N-dealkylation sites (tertiary alicyclic amines) is 1. The highest BCUT2D eigenvalue weighted by Gasteiger charge is 2.26. The molecule has 0 aromatic rings. The summed E-state index contributed by atoms with van der Waals surface area (Å²) in [5, 5.41) is 8.73. The van der Waals surface area contributed by atoms with E-state index in [0.29, 0.717) is 6.54 Å². The van der Waals surface area contributed by atoms with Crippen LogP contribution in [-0.4, -0.2) is 35.8 Å². The van der Waals surface area contributed by atoms with Crippen LogP contribution >= 0.6 is 0 Å². The van der Waals surface area contributed by atoms with Crippen LogP contribution in [0.3, 0.4) is 0 Å². The zero-order chi connectivity index (χ0) is 8.97. The van der Waals surface area contributed by atoms with Gasteiger partial charge in [-0.1, -0.05) is 0 Å². The Hall–Kier alpha value is -1.19. The third-order valence-electron chi connectivity index (χ3n) is 1.98. The second kappa shape index (κ2) is 3.99. The molecule has 0 aromatic heterocycles. The molecular weight excluding hydrogens is 158 g/mol. The number of hydrogen-bond acceptors (Lipinski definition) is 2. The van der Waals surface area contributed by atoms with Crippen molar-refractivity contribution in [3.8, 4) is 0 Å². The standard InChI is InChI=1S/C8H13NO3/c1-12-6-4-7-3-2-5-9(7)8(10)11/h4,6-7H,2-3,5H2,1H3,(H,10,11). The van der Waals surface area contributed by atoms with Gasteiger partial charge in [-0.3, -0.25) is 0 Å². The quantitative estimate of drug-likeness (QED) is 0.637. The largest absolute Gasteiger partial charge is 0.505 e. The molecule has 1 rings (SSSR count). The number of amides is 1. The van der Waals surface area contributed by atoms with Gasteiger partial charge in [0, 0.05) is 6.54 Å². The molecule has 68 valence electrons. The lowest BCUT2D eigenvalue weighted by molar-refractivity contribution is 0.147. The first-order valence-electron chi connectivity index (χ1n) is 3.94. The Morgan fingerprint density at radius 3 is 3.08 bits per heavy atom. The fourth-order valence-electron chi connectivity index (χ4n) is 1.40. The number of methoxy groups -OCH3 is 1. The van der Waals surface area contributed by atoms with Crippen molar-refractivity contribution in [2.75, 3.05) is 13.7 Å². The van der Waals surface area contributed by atoms with Crippen LogP contribution in [0.2, 0.25) is 0 Å². The number of hydrogen-bond donors (Lipinski definition) is 1. The van der Waals surface area contributed by atoms with Gasteiger partial charge in [0.15, 0.2) is 0 Å². The minimum Gasteiger partial charge on any atom is -0.505 e. The molecule has 1 amide bonds. The van der Waals surface area contributed by atoms with E-state index in [1.165, 1.54) is 11.2 Å². The van der Waals surface area contributed by atoms with Crippen LogP contribution < -0.4 is 0 Å². The van der Waals surface area contributed by atoms with Crippen LogP contribution in [-0.2, 0) is 4.74 Å². The van der Waals surface area contributed by atoms with Gasteiger partial charge in [-0.2, -0.15) is 0 Å². The summed E-state index contributed by atoms with van der Waals surface area (Å²) in [6, 6.07) is 0.00227. The first kappa shape index (κ1) is 8.90. The van der Waals surface area contributed by atoms with Crippen molar-refractivity contribution in [1.82, 2.24) is 4.90 Å². The summed E-state index contributed by atoms with van der Waals surface area (Å²) in [5.41, 5.74) is 0. The van der Waals surface area contributed by atoms with Crippen molar-refractivity contribution in [2.45, 2.75) is 18.9 Å². The molecule has 0 saturated carbocycles. The Labute approximate surface area is 71.4 Å². The highest BCUT2D eigenvalue weighted by atomic mass is 16.5. The minimum absolute atomic E-state index is 0.00227. The molecule has 0 radical (unpaired) electrons. The van der Waals surface area contributed by atoms with E-state index in [2.05, 4.69) is 0 Å². The van der Waals surface area contributed by atoms with Gasteiger partial charge >= 0.3 is 6.09 Å². The van der Waals surface area contributed by atoms with Gasteiger partial charge in [0.05, 0.1) is 19.4 Å². The summed E-state index contributed by atoms with van der Waals surface area (Å²) in [4.78, 5) is 12.1. The van der Waals surface area contributed by atoms with Gasteiger partial charge in [-0.05, 0) is 18.9 Å². The Morgan fingerprint density at radius 2 is 2.50 bits per heavy atom. The van der Waals surface area contributed by atoms with E-state index in [0.717, 1.165) is 12.8 Å². The summed E-state index contributed by atoms with van der Waals surface area (Å²) in [5.74, 6) is 0. The smallest absolute Gasteiger partial charge is 0.407 e. The van der Waals surface area contributed by atoms with Crippen LogP contribution in [0.25, 0.3) is 0 Å². The lowest BCUT2D eigenvalue weighted by atomic mass is 10.2. The average Bonchev–Trinajstić information content (AvgIpc) is 2.48. The number of rotatable bonds is 2. The number of ether oxygens (including phenoxy) is 1. The maximum Gasteiger partial charge on any atom is 0.407 e. The van der Waals surface area contributed by atoms with E-state index in [1.807, 2.05) is 0 Å². The molecule has 1 heterocycles. The average molecular weight is 171 g/mol. The molecule has 1 saturated heterocycles. The van der Waals surface area contributed by atoms with Gasteiger partial charge in [-0.15, -0.1) is 0 Å². The lowest BCUT2D eigenvalue weighted by Gasteiger charge is -2.17. The number of carbonyl (C=O) groups is 1. The Balaban J connectivity index is 2.52. The van der Waals surface area contributed by atoms with Gasteiger partial charge in [0.2, 0.25) is 0 Å². The Bertz CT molecular complexity index is 191. The van der Waals surface area contributed by atoms with Crippen molar-refractivity contribution < 1.29 is 14.6 Å². The van der Waals surface area contributed by atoms with E-state index in [9.17, 15) is 4.79 Å². The monoisotopic (exact) mass is 171 g/mol. The van der Waals surface area contributed by atoms with Gasteiger partial charge in [0.25, 0.3) is 0 Å². The third kappa shape index (κ3) is 1.90. The molecule has 0 aromatic carbocycles. The SMILES string of the molecule is COC=CC1CCCN1C(=O)O.